The molecule has 0 bridgehead atoms. The lowest BCUT2D eigenvalue weighted by atomic mass is 10.3. The largest absolute Gasteiger partial charge is 0.351 e. The number of carbonyl (C=O) groups excluding carboxylic acids is 1. The molecule has 100 valence electrons. The van der Waals surface area contributed by atoms with Gasteiger partial charge in [-0.2, -0.15) is 0 Å². The number of carbonyl (C=O) groups is 1. The third-order valence-electron chi connectivity index (χ3n) is 2.12. The molecule has 1 rings (SSSR count). The highest BCUT2D eigenvalue weighted by Crippen LogP contribution is 2.05. The van der Waals surface area contributed by atoms with Crippen molar-refractivity contribution in [1.82, 2.24) is 10.3 Å². The summed E-state index contributed by atoms with van der Waals surface area (Å²) in [7, 11) is 0. The minimum Gasteiger partial charge on any atom is -0.351 e. The molecule has 1 heterocycles. The van der Waals surface area contributed by atoms with Crippen LogP contribution in [0, 0.1) is 0 Å². The fourth-order valence-electron chi connectivity index (χ4n) is 1.33. The second-order valence-electron chi connectivity index (χ2n) is 3.42. The van der Waals surface area contributed by atoms with Gasteiger partial charge in [-0.25, -0.2) is 4.98 Å². The Morgan fingerprint density at radius 2 is 2.06 bits per heavy atom. The smallest absolute Gasteiger partial charge is 0.253 e. The molecule has 0 spiro atoms. The second kappa shape index (κ2) is 8.02. The van der Waals surface area contributed by atoms with E-state index in [9.17, 15) is 4.79 Å². The van der Waals surface area contributed by atoms with Gasteiger partial charge in [0, 0.05) is 19.4 Å². The van der Waals surface area contributed by atoms with E-state index in [0.29, 0.717) is 30.5 Å². The molecule has 0 radical (unpaired) electrons. The highest BCUT2D eigenvalue weighted by Gasteiger charge is 2.11. The van der Waals surface area contributed by atoms with E-state index in [0.717, 1.165) is 0 Å². The number of pyridine rings is 1. The quantitative estimate of drug-likeness (QED) is 0.608. The van der Waals surface area contributed by atoms with Crippen LogP contribution in [0.4, 0.5) is 0 Å². The Morgan fingerprint density at radius 1 is 1.39 bits per heavy atom. The van der Waals surface area contributed by atoms with Gasteiger partial charge < -0.3 is 14.8 Å². The van der Waals surface area contributed by atoms with E-state index >= 15 is 0 Å². The van der Waals surface area contributed by atoms with Crippen LogP contribution < -0.4 is 5.32 Å². The summed E-state index contributed by atoms with van der Waals surface area (Å²) in [6, 6.07) is 3.18. The van der Waals surface area contributed by atoms with Crippen LogP contribution in [0.1, 0.15) is 24.2 Å². The molecule has 0 unspecified atom stereocenters. The first kappa shape index (κ1) is 14.9. The van der Waals surface area contributed by atoms with E-state index < -0.39 is 6.29 Å². The van der Waals surface area contributed by atoms with Crippen molar-refractivity contribution in [2.45, 2.75) is 20.1 Å². The van der Waals surface area contributed by atoms with Crippen LogP contribution in [0.2, 0.25) is 5.15 Å². The lowest BCUT2D eigenvalue weighted by molar-refractivity contribution is -0.131. The van der Waals surface area contributed by atoms with Crippen LogP contribution >= 0.6 is 11.6 Å². The first-order chi connectivity index (χ1) is 8.67. The molecular formula is C12H17ClN2O3. The summed E-state index contributed by atoms with van der Waals surface area (Å²) in [4.78, 5) is 15.6. The van der Waals surface area contributed by atoms with Crippen molar-refractivity contribution in [2.75, 3.05) is 19.8 Å². The molecule has 1 aromatic heterocycles. The summed E-state index contributed by atoms with van der Waals surface area (Å²) in [5.74, 6) is -0.233. The predicted octanol–water partition coefficient (Wildman–Crippen LogP) is 1.86. The Balaban J connectivity index is 2.46. The van der Waals surface area contributed by atoms with Gasteiger partial charge >= 0.3 is 0 Å². The standard InChI is InChI=1S/C12H17ClN2O3/c1-3-17-11(18-4-2)8-15-12(16)9-5-6-10(13)14-7-9/h5-7,11H,3-4,8H2,1-2H3,(H,15,16). The average Bonchev–Trinajstić information content (AvgIpc) is 2.37. The number of rotatable bonds is 7. The number of ether oxygens (including phenoxy) is 2. The van der Waals surface area contributed by atoms with Crippen molar-refractivity contribution in [3.8, 4) is 0 Å². The Kier molecular flexibility index (Phi) is 6.64. The van der Waals surface area contributed by atoms with E-state index in [2.05, 4.69) is 10.3 Å². The van der Waals surface area contributed by atoms with Crippen molar-refractivity contribution >= 4 is 17.5 Å². The lowest BCUT2D eigenvalue weighted by Crippen LogP contribution is -2.35. The minimum absolute atomic E-state index is 0.233. The number of amides is 1. The van der Waals surface area contributed by atoms with Crippen LogP contribution in [0.15, 0.2) is 18.3 Å². The summed E-state index contributed by atoms with van der Waals surface area (Å²) < 4.78 is 10.6. The van der Waals surface area contributed by atoms with Gasteiger partial charge in [-0.3, -0.25) is 4.79 Å². The molecule has 0 atom stereocenters. The zero-order valence-electron chi connectivity index (χ0n) is 10.5. The van der Waals surface area contributed by atoms with Gasteiger partial charge in [-0.05, 0) is 26.0 Å². The number of halogens is 1. The van der Waals surface area contributed by atoms with E-state index in [1.165, 1.54) is 6.20 Å². The molecule has 1 N–H and O–H groups in total. The summed E-state index contributed by atoms with van der Waals surface area (Å²) >= 11 is 5.64. The fraction of sp³-hybridized carbons (Fsp3) is 0.500. The van der Waals surface area contributed by atoms with Crippen LogP contribution in [0.5, 0.6) is 0 Å². The monoisotopic (exact) mass is 272 g/mol. The van der Waals surface area contributed by atoms with Gasteiger partial charge in [-0.1, -0.05) is 11.6 Å². The summed E-state index contributed by atoms with van der Waals surface area (Å²) in [6.07, 6.45) is 0.998. The topological polar surface area (TPSA) is 60.5 Å². The Labute approximate surface area is 111 Å². The summed E-state index contributed by atoms with van der Waals surface area (Å²) in [6.45, 7) is 5.10. The lowest BCUT2D eigenvalue weighted by Gasteiger charge is -2.17. The maximum Gasteiger partial charge on any atom is 0.253 e. The number of nitrogens with one attached hydrogen (secondary N) is 1. The average molecular weight is 273 g/mol. The number of nitrogens with zero attached hydrogens (tertiary/aromatic N) is 1. The summed E-state index contributed by atoms with van der Waals surface area (Å²) in [5.41, 5.74) is 0.450. The summed E-state index contributed by atoms with van der Waals surface area (Å²) in [5, 5.41) is 3.07. The van der Waals surface area contributed by atoms with E-state index in [1.54, 1.807) is 12.1 Å². The highest BCUT2D eigenvalue weighted by molar-refractivity contribution is 6.29. The molecule has 0 aliphatic carbocycles. The highest BCUT2D eigenvalue weighted by atomic mass is 35.5. The molecule has 6 heteroatoms. The molecule has 0 aliphatic heterocycles. The van der Waals surface area contributed by atoms with Gasteiger partial charge in [-0.15, -0.1) is 0 Å². The van der Waals surface area contributed by atoms with E-state index in [-0.39, 0.29) is 5.91 Å². The maximum absolute atomic E-state index is 11.8. The third-order valence-corrected chi connectivity index (χ3v) is 2.35. The SMILES string of the molecule is CCOC(CNC(=O)c1ccc(Cl)nc1)OCC. The molecule has 0 aliphatic rings. The van der Waals surface area contributed by atoms with Gasteiger partial charge in [0.1, 0.15) is 5.15 Å². The normalized spacial score (nSPS) is 10.7. The molecule has 0 saturated heterocycles. The van der Waals surface area contributed by atoms with Crippen molar-refractivity contribution in [2.24, 2.45) is 0 Å². The second-order valence-corrected chi connectivity index (χ2v) is 3.81. The van der Waals surface area contributed by atoms with Crippen LogP contribution in [-0.2, 0) is 9.47 Å². The van der Waals surface area contributed by atoms with Gasteiger partial charge in [0.15, 0.2) is 6.29 Å². The van der Waals surface area contributed by atoms with Crippen molar-refractivity contribution in [3.63, 3.8) is 0 Å². The molecule has 1 amide bonds. The molecule has 1 aromatic rings. The molecule has 0 saturated carbocycles. The molecule has 18 heavy (non-hydrogen) atoms. The van der Waals surface area contributed by atoms with Gasteiger partial charge in [0.05, 0.1) is 12.1 Å². The predicted molar refractivity (Wildman–Crippen MR) is 68.6 cm³/mol. The zero-order chi connectivity index (χ0) is 13.4. The Hall–Kier alpha value is -1.17. The van der Waals surface area contributed by atoms with E-state index in [1.807, 2.05) is 13.8 Å². The molecular weight excluding hydrogens is 256 g/mol. The van der Waals surface area contributed by atoms with Crippen LogP contribution in [0.3, 0.4) is 0 Å². The number of hydrogen-bond donors (Lipinski definition) is 1. The van der Waals surface area contributed by atoms with Crippen molar-refractivity contribution in [1.29, 1.82) is 0 Å². The molecule has 5 nitrogen and oxygen atoms in total. The van der Waals surface area contributed by atoms with Crippen molar-refractivity contribution < 1.29 is 14.3 Å². The fourth-order valence-corrected chi connectivity index (χ4v) is 1.44. The number of hydrogen-bond acceptors (Lipinski definition) is 4. The van der Waals surface area contributed by atoms with Crippen LogP contribution in [-0.4, -0.2) is 36.9 Å². The minimum atomic E-state index is -0.427. The molecule has 0 fully saturated rings. The Bertz CT molecular complexity index is 364. The number of aromatic nitrogens is 1. The zero-order valence-corrected chi connectivity index (χ0v) is 11.2. The molecule has 0 aromatic carbocycles. The van der Waals surface area contributed by atoms with Gasteiger partial charge in [0.25, 0.3) is 5.91 Å². The Morgan fingerprint density at radius 3 is 2.56 bits per heavy atom. The first-order valence-corrected chi connectivity index (χ1v) is 6.18. The van der Waals surface area contributed by atoms with E-state index in [4.69, 9.17) is 21.1 Å². The third kappa shape index (κ3) is 5.00. The van der Waals surface area contributed by atoms with Gasteiger partial charge in [0.2, 0.25) is 0 Å². The maximum atomic E-state index is 11.8. The van der Waals surface area contributed by atoms with Crippen molar-refractivity contribution in [3.05, 3.63) is 29.0 Å². The first-order valence-electron chi connectivity index (χ1n) is 5.80. The van der Waals surface area contributed by atoms with Crippen LogP contribution in [0.25, 0.3) is 0 Å².